The number of amides is 2. The Morgan fingerprint density at radius 3 is 2.52 bits per heavy atom. The standard InChI is InChI=1S/C34H37ClFN9O4S/c1-3-29(47)44-13-15-45(16-14-44)32-26(43-11-9-42(10-12-43)17-18-46)19-22(20-37-32)25-7-8-27(49-2)31(39-25)41-34-38-21-28(50-34)33(48)40-30-23(35)5-4-6-24(30)36/h3-8,19-21,46H,1,9-18H2,2H3,(H,40,48)(H,38,39,41). The Kier molecular flexibility index (Phi) is 11.1. The first-order valence-electron chi connectivity index (χ1n) is 16.1. The molecule has 13 nitrogen and oxygen atoms in total. The lowest BCUT2D eigenvalue weighted by Crippen LogP contribution is -2.50. The van der Waals surface area contributed by atoms with Gasteiger partial charge >= 0.3 is 0 Å². The maximum atomic E-state index is 14.2. The van der Waals surface area contributed by atoms with Gasteiger partial charge in [-0.15, -0.1) is 0 Å². The van der Waals surface area contributed by atoms with Gasteiger partial charge in [-0.05, 0) is 36.4 Å². The van der Waals surface area contributed by atoms with E-state index in [9.17, 15) is 19.1 Å². The molecule has 2 fully saturated rings. The molecule has 2 aliphatic heterocycles. The maximum absolute atomic E-state index is 14.2. The third-order valence-electron chi connectivity index (χ3n) is 8.57. The van der Waals surface area contributed by atoms with Crippen LogP contribution in [-0.4, -0.2) is 114 Å². The van der Waals surface area contributed by atoms with Crippen molar-refractivity contribution in [1.29, 1.82) is 0 Å². The predicted molar refractivity (Wildman–Crippen MR) is 194 cm³/mol. The summed E-state index contributed by atoms with van der Waals surface area (Å²) in [5, 5.41) is 15.6. The van der Waals surface area contributed by atoms with Crippen molar-refractivity contribution in [3.8, 4) is 17.0 Å². The van der Waals surface area contributed by atoms with E-state index in [1.54, 1.807) is 17.2 Å². The fourth-order valence-corrected chi connectivity index (χ4v) is 6.80. The van der Waals surface area contributed by atoms with Crippen LogP contribution < -0.4 is 25.2 Å². The molecule has 0 unspecified atom stereocenters. The quantitative estimate of drug-likeness (QED) is 0.191. The lowest BCUT2D eigenvalue weighted by molar-refractivity contribution is -0.126. The molecule has 0 saturated carbocycles. The van der Waals surface area contributed by atoms with Gasteiger partial charge in [0.25, 0.3) is 5.91 Å². The molecule has 3 aromatic heterocycles. The molecule has 16 heteroatoms. The normalized spacial score (nSPS) is 15.2. The molecule has 5 heterocycles. The van der Waals surface area contributed by atoms with Crippen molar-refractivity contribution in [1.82, 2.24) is 24.8 Å². The van der Waals surface area contributed by atoms with E-state index >= 15 is 0 Å². The number of aromatic nitrogens is 3. The number of pyridine rings is 2. The highest BCUT2D eigenvalue weighted by Crippen LogP contribution is 2.36. The zero-order valence-corrected chi connectivity index (χ0v) is 29.0. The Labute approximate surface area is 298 Å². The first kappa shape index (κ1) is 35.0. The lowest BCUT2D eigenvalue weighted by atomic mass is 10.1. The Balaban J connectivity index is 1.25. The average molecular weight is 722 g/mol. The van der Waals surface area contributed by atoms with Crippen LogP contribution in [0.2, 0.25) is 5.02 Å². The summed E-state index contributed by atoms with van der Waals surface area (Å²) >= 11 is 7.14. The van der Waals surface area contributed by atoms with Crippen LogP contribution in [-0.2, 0) is 4.79 Å². The summed E-state index contributed by atoms with van der Waals surface area (Å²) in [6.45, 7) is 9.93. The number of carbonyl (C=O) groups excluding carboxylic acids is 2. The zero-order chi connectivity index (χ0) is 35.2. The van der Waals surface area contributed by atoms with Gasteiger partial charge in [-0.1, -0.05) is 35.6 Å². The number of β-amino-alcohol motifs (C(OH)–C–C–N with tert-alkyl or cyclic N) is 1. The molecule has 0 radical (unpaired) electrons. The number of thiazole rings is 1. The van der Waals surface area contributed by atoms with E-state index in [0.717, 1.165) is 54.6 Å². The first-order chi connectivity index (χ1) is 24.3. The molecule has 50 heavy (non-hydrogen) atoms. The molecule has 6 rings (SSSR count). The SMILES string of the molecule is C=CC(=O)N1CCN(c2ncc(-c3ccc(OC)c(Nc4ncc(C(=O)Nc5c(F)cccc5Cl)s4)n3)cc2N2CCN(CCO)CC2)CC1. The highest BCUT2D eigenvalue weighted by molar-refractivity contribution is 7.17. The van der Waals surface area contributed by atoms with E-state index in [-0.39, 0.29) is 28.1 Å². The number of halogens is 2. The molecule has 2 amide bonds. The van der Waals surface area contributed by atoms with Gasteiger partial charge in [0.1, 0.15) is 10.7 Å². The van der Waals surface area contributed by atoms with E-state index in [2.05, 4.69) is 43.0 Å². The number of aliphatic hydroxyl groups excluding tert-OH is 1. The number of benzene rings is 1. The summed E-state index contributed by atoms with van der Waals surface area (Å²) in [5.74, 6) is 0.414. The molecule has 0 spiro atoms. The number of nitrogens with zero attached hydrogens (tertiary/aromatic N) is 7. The minimum atomic E-state index is -0.642. The van der Waals surface area contributed by atoms with Crippen LogP contribution >= 0.6 is 22.9 Å². The monoisotopic (exact) mass is 721 g/mol. The van der Waals surface area contributed by atoms with E-state index in [1.165, 1.54) is 37.6 Å². The van der Waals surface area contributed by atoms with Crippen molar-refractivity contribution in [3.05, 3.63) is 77.2 Å². The summed E-state index contributed by atoms with van der Waals surface area (Å²) in [6.07, 6.45) is 4.52. The van der Waals surface area contributed by atoms with Crippen LogP contribution in [0.25, 0.3) is 11.3 Å². The second-order valence-electron chi connectivity index (χ2n) is 11.6. The van der Waals surface area contributed by atoms with Gasteiger partial charge in [0, 0.05) is 70.7 Å². The van der Waals surface area contributed by atoms with E-state index < -0.39 is 11.7 Å². The molecular formula is C34H37ClFN9O4S. The Hall–Kier alpha value is -4.83. The number of ether oxygens (including phenoxy) is 1. The zero-order valence-electron chi connectivity index (χ0n) is 27.4. The molecule has 1 aromatic carbocycles. The van der Waals surface area contributed by atoms with E-state index in [1.807, 2.05) is 6.07 Å². The number of hydrogen-bond acceptors (Lipinski definition) is 12. The van der Waals surface area contributed by atoms with Crippen molar-refractivity contribution in [2.24, 2.45) is 0 Å². The highest BCUT2D eigenvalue weighted by Gasteiger charge is 2.27. The van der Waals surface area contributed by atoms with E-state index in [4.69, 9.17) is 26.3 Å². The van der Waals surface area contributed by atoms with E-state index in [0.29, 0.717) is 55.1 Å². The fraction of sp³-hybridized carbons (Fsp3) is 0.324. The summed E-state index contributed by atoms with van der Waals surface area (Å²) < 4.78 is 19.8. The number of nitrogens with one attached hydrogen (secondary N) is 2. The molecule has 3 N–H and O–H groups in total. The first-order valence-corrected chi connectivity index (χ1v) is 17.3. The van der Waals surface area contributed by atoms with Crippen molar-refractivity contribution in [2.45, 2.75) is 0 Å². The van der Waals surface area contributed by atoms with Crippen molar-refractivity contribution in [2.75, 3.05) is 93.1 Å². The van der Waals surface area contributed by atoms with Crippen LogP contribution in [0.1, 0.15) is 9.67 Å². The molecule has 2 aliphatic rings. The van der Waals surface area contributed by atoms with Crippen LogP contribution in [0.5, 0.6) is 5.75 Å². The third-order valence-corrected chi connectivity index (χ3v) is 9.80. The number of rotatable bonds is 11. The van der Waals surface area contributed by atoms with Crippen LogP contribution in [0.3, 0.4) is 0 Å². The molecule has 4 aromatic rings. The Bertz CT molecular complexity index is 1840. The number of carbonyl (C=O) groups is 2. The number of piperazine rings is 2. The number of anilines is 5. The highest BCUT2D eigenvalue weighted by atomic mass is 35.5. The van der Waals surface area contributed by atoms with Gasteiger partial charge in [-0.2, -0.15) is 0 Å². The predicted octanol–water partition coefficient (Wildman–Crippen LogP) is 4.35. The molecule has 0 bridgehead atoms. The Morgan fingerprint density at radius 1 is 1.06 bits per heavy atom. The van der Waals surface area contributed by atoms with Crippen molar-refractivity contribution >= 4 is 62.9 Å². The smallest absolute Gasteiger partial charge is 0.267 e. The van der Waals surface area contributed by atoms with Gasteiger partial charge in [0.05, 0.1) is 42.0 Å². The lowest BCUT2D eigenvalue weighted by Gasteiger charge is -2.40. The van der Waals surface area contributed by atoms with Gasteiger partial charge < -0.3 is 35.2 Å². The summed E-state index contributed by atoms with van der Waals surface area (Å²) in [6, 6.07) is 9.89. The van der Waals surface area contributed by atoms with Crippen LogP contribution in [0.4, 0.5) is 32.5 Å². The fourth-order valence-electron chi connectivity index (χ4n) is 5.88. The van der Waals surface area contributed by atoms with Crippen LogP contribution in [0, 0.1) is 5.82 Å². The largest absolute Gasteiger partial charge is 0.493 e. The summed E-state index contributed by atoms with van der Waals surface area (Å²) in [7, 11) is 1.54. The summed E-state index contributed by atoms with van der Waals surface area (Å²) in [5.41, 5.74) is 2.29. The van der Waals surface area contributed by atoms with Crippen LogP contribution in [0.15, 0.2) is 61.4 Å². The molecule has 0 aliphatic carbocycles. The van der Waals surface area contributed by atoms with Gasteiger partial charge in [-0.3, -0.25) is 14.5 Å². The second-order valence-corrected chi connectivity index (χ2v) is 13.0. The molecule has 262 valence electrons. The van der Waals surface area contributed by atoms with Gasteiger partial charge in [0.15, 0.2) is 22.5 Å². The number of hydrogen-bond donors (Lipinski definition) is 3. The van der Waals surface area contributed by atoms with Gasteiger partial charge in [0.2, 0.25) is 5.91 Å². The molecule has 0 atom stereocenters. The average Bonchev–Trinajstić information content (AvgIpc) is 3.62. The maximum Gasteiger partial charge on any atom is 0.267 e. The van der Waals surface area contributed by atoms with Crippen molar-refractivity contribution in [3.63, 3.8) is 0 Å². The Morgan fingerprint density at radius 2 is 1.82 bits per heavy atom. The molecule has 2 saturated heterocycles. The minimum absolute atomic E-state index is 0.0760. The molecular weight excluding hydrogens is 685 g/mol. The number of aliphatic hydroxyl groups is 1. The minimum Gasteiger partial charge on any atom is -0.493 e. The summed E-state index contributed by atoms with van der Waals surface area (Å²) in [4.78, 5) is 48.0. The topological polar surface area (TPSA) is 139 Å². The van der Waals surface area contributed by atoms with Gasteiger partial charge in [-0.25, -0.2) is 19.3 Å². The number of methoxy groups -OCH3 is 1. The third kappa shape index (κ3) is 7.81. The second kappa shape index (κ2) is 15.8. The van der Waals surface area contributed by atoms with Crippen molar-refractivity contribution < 1.29 is 23.8 Å². The number of para-hydroxylation sites is 1.